The summed E-state index contributed by atoms with van der Waals surface area (Å²) in [7, 11) is 0. The zero-order chi connectivity index (χ0) is 18.3. The minimum absolute atomic E-state index is 0.119. The largest absolute Gasteiger partial charge is 0.376 e. The van der Waals surface area contributed by atoms with Gasteiger partial charge in [-0.1, -0.05) is 90.9 Å². The Morgan fingerprint density at radius 2 is 1.21 bits per heavy atom. The summed E-state index contributed by atoms with van der Waals surface area (Å²) in [5.74, 6) is -0.303. The molecule has 2 atom stereocenters. The number of carbonyl (C=O) groups is 1. The van der Waals surface area contributed by atoms with E-state index in [1.165, 1.54) is 77.6 Å². The molecule has 0 saturated carbocycles. The fourth-order valence-corrected chi connectivity index (χ4v) is 3.46. The van der Waals surface area contributed by atoms with Gasteiger partial charge in [-0.2, -0.15) is 0 Å². The van der Waals surface area contributed by atoms with Crippen LogP contribution in [0.3, 0.4) is 0 Å². The number of hydrogen-bond donors (Lipinski definition) is 2. The molecule has 2 unspecified atom stereocenters. The Labute approximate surface area is 150 Å². The van der Waals surface area contributed by atoms with Crippen LogP contribution in [0.5, 0.6) is 0 Å². The summed E-state index contributed by atoms with van der Waals surface area (Å²) >= 11 is 0. The molecule has 3 heteroatoms. The van der Waals surface area contributed by atoms with Crippen molar-refractivity contribution in [2.45, 2.75) is 123 Å². The van der Waals surface area contributed by atoms with Gasteiger partial charge in [0.1, 0.15) is 11.5 Å². The van der Waals surface area contributed by atoms with Gasteiger partial charge >= 0.3 is 0 Å². The Morgan fingerprint density at radius 3 is 1.54 bits per heavy atom. The van der Waals surface area contributed by atoms with Crippen LogP contribution in [0.1, 0.15) is 117 Å². The summed E-state index contributed by atoms with van der Waals surface area (Å²) in [4.78, 5) is 12.1. The van der Waals surface area contributed by atoms with Gasteiger partial charge in [-0.05, 0) is 19.8 Å². The topological polar surface area (TPSA) is 63.3 Å². The van der Waals surface area contributed by atoms with E-state index in [0.29, 0.717) is 12.8 Å². The molecule has 3 N–H and O–H groups in total. The van der Waals surface area contributed by atoms with Gasteiger partial charge < -0.3 is 10.8 Å². The molecule has 0 aromatic carbocycles. The highest BCUT2D eigenvalue weighted by molar-refractivity contribution is 5.81. The van der Waals surface area contributed by atoms with Crippen molar-refractivity contribution in [3.8, 4) is 0 Å². The lowest BCUT2D eigenvalue weighted by atomic mass is 9.88. The molecule has 0 radical (unpaired) electrons. The third-order valence-electron chi connectivity index (χ3n) is 5.03. The van der Waals surface area contributed by atoms with Crippen molar-refractivity contribution in [1.29, 1.82) is 0 Å². The fraction of sp³-hybridized carbons (Fsp3) is 0.952. The maximum absolute atomic E-state index is 12.1. The van der Waals surface area contributed by atoms with Crippen LogP contribution < -0.4 is 5.73 Å². The average Bonchev–Trinajstić information content (AvgIpc) is 2.51. The summed E-state index contributed by atoms with van der Waals surface area (Å²) in [6, 6.07) is 0. The van der Waals surface area contributed by atoms with E-state index < -0.39 is 11.6 Å². The monoisotopic (exact) mass is 341 g/mol. The van der Waals surface area contributed by atoms with Gasteiger partial charge in [-0.3, -0.25) is 4.79 Å². The summed E-state index contributed by atoms with van der Waals surface area (Å²) in [6.45, 7) is 5.70. The van der Waals surface area contributed by atoms with Gasteiger partial charge in [0.05, 0.1) is 5.92 Å². The van der Waals surface area contributed by atoms with E-state index in [9.17, 15) is 9.90 Å². The lowest BCUT2D eigenvalue weighted by Gasteiger charge is -2.26. The van der Waals surface area contributed by atoms with Crippen LogP contribution in [-0.4, -0.2) is 16.6 Å². The number of rotatable bonds is 17. The van der Waals surface area contributed by atoms with E-state index in [4.69, 9.17) is 5.73 Å². The number of unbranched alkanes of at least 4 members (excludes halogenated alkanes) is 12. The van der Waals surface area contributed by atoms with Crippen LogP contribution in [0.15, 0.2) is 0 Å². The second-order valence-corrected chi connectivity index (χ2v) is 7.65. The lowest BCUT2D eigenvalue weighted by Crippen LogP contribution is -2.47. The molecule has 0 rings (SSSR count). The van der Waals surface area contributed by atoms with Crippen molar-refractivity contribution in [2.75, 3.05) is 0 Å². The molecule has 24 heavy (non-hydrogen) atoms. The summed E-state index contributed by atoms with van der Waals surface area (Å²) in [6.07, 6.45) is 18.2. The number of aliphatic hydroxyl groups is 1. The first-order valence-electron chi connectivity index (χ1n) is 10.5. The quantitative estimate of drug-likeness (QED) is 0.262. The fourth-order valence-electron chi connectivity index (χ4n) is 3.46. The summed E-state index contributed by atoms with van der Waals surface area (Å²) in [5, 5.41) is 9.81. The van der Waals surface area contributed by atoms with E-state index >= 15 is 0 Å². The maximum Gasteiger partial charge on any atom is 0.140 e. The third-order valence-corrected chi connectivity index (χ3v) is 5.03. The van der Waals surface area contributed by atoms with Crippen molar-refractivity contribution >= 4 is 5.78 Å². The first-order chi connectivity index (χ1) is 11.4. The first-order valence-corrected chi connectivity index (χ1v) is 10.5. The van der Waals surface area contributed by atoms with Gasteiger partial charge in [0.25, 0.3) is 0 Å². The molecule has 144 valence electrons. The Balaban J connectivity index is 3.40. The zero-order valence-corrected chi connectivity index (χ0v) is 16.6. The molecule has 3 nitrogen and oxygen atoms in total. The molecule has 0 saturated heterocycles. The van der Waals surface area contributed by atoms with Crippen molar-refractivity contribution in [2.24, 2.45) is 11.7 Å². The predicted octanol–water partition coefficient (Wildman–Crippen LogP) is 5.73. The van der Waals surface area contributed by atoms with E-state index in [1.54, 1.807) is 0 Å². The Morgan fingerprint density at radius 1 is 0.833 bits per heavy atom. The van der Waals surface area contributed by atoms with Gasteiger partial charge in [0.15, 0.2) is 0 Å². The summed E-state index contributed by atoms with van der Waals surface area (Å²) in [5.41, 5.74) is 4.30. The van der Waals surface area contributed by atoms with Gasteiger partial charge in [0, 0.05) is 6.42 Å². The number of ketones is 1. The molecule has 0 aromatic heterocycles. The minimum Gasteiger partial charge on any atom is -0.376 e. The van der Waals surface area contributed by atoms with Crippen molar-refractivity contribution in [1.82, 2.24) is 0 Å². The third kappa shape index (κ3) is 12.9. The van der Waals surface area contributed by atoms with Crippen LogP contribution in [0, 0.1) is 5.92 Å². The molecule has 0 aliphatic heterocycles. The van der Waals surface area contributed by atoms with Crippen molar-refractivity contribution < 1.29 is 9.90 Å². The molecule has 0 amide bonds. The molecular weight excluding hydrogens is 298 g/mol. The van der Waals surface area contributed by atoms with Crippen molar-refractivity contribution in [3.05, 3.63) is 0 Å². The van der Waals surface area contributed by atoms with Crippen LogP contribution in [0.25, 0.3) is 0 Å². The second-order valence-electron chi connectivity index (χ2n) is 7.65. The molecule has 0 spiro atoms. The van der Waals surface area contributed by atoms with Crippen LogP contribution >= 0.6 is 0 Å². The highest BCUT2D eigenvalue weighted by Crippen LogP contribution is 2.20. The Kier molecular flexibility index (Phi) is 14.6. The van der Waals surface area contributed by atoms with E-state index in [-0.39, 0.29) is 5.78 Å². The predicted molar refractivity (Wildman–Crippen MR) is 104 cm³/mol. The zero-order valence-electron chi connectivity index (χ0n) is 16.6. The maximum atomic E-state index is 12.1. The first kappa shape index (κ1) is 23.6. The number of Topliss-reactive ketones (excluding diaryl/α,β-unsaturated/α-hetero) is 1. The smallest absolute Gasteiger partial charge is 0.140 e. The van der Waals surface area contributed by atoms with Crippen molar-refractivity contribution in [3.63, 3.8) is 0 Å². The average molecular weight is 342 g/mol. The Hall–Kier alpha value is -0.410. The Bertz CT molecular complexity index is 297. The van der Waals surface area contributed by atoms with E-state index in [0.717, 1.165) is 12.8 Å². The van der Waals surface area contributed by atoms with Gasteiger partial charge in [-0.15, -0.1) is 0 Å². The number of hydrogen-bond acceptors (Lipinski definition) is 3. The van der Waals surface area contributed by atoms with E-state index in [2.05, 4.69) is 6.92 Å². The minimum atomic E-state index is -1.37. The molecule has 0 aliphatic carbocycles. The highest BCUT2D eigenvalue weighted by Gasteiger charge is 2.31. The van der Waals surface area contributed by atoms with E-state index in [1.807, 2.05) is 6.92 Å². The lowest BCUT2D eigenvalue weighted by molar-refractivity contribution is -0.131. The number of nitrogens with two attached hydrogens (primary N) is 1. The normalized spacial score (nSPS) is 15.2. The molecule has 0 fully saturated rings. The van der Waals surface area contributed by atoms with Gasteiger partial charge in [-0.25, -0.2) is 0 Å². The molecule has 0 bridgehead atoms. The molecule has 0 heterocycles. The SMILES string of the molecule is CCCCCCCCCCCCCCCC(=O)C(CC)C(C)(N)O. The molecule has 0 aromatic rings. The number of carbonyl (C=O) groups excluding carboxylic acids is 1. The molecular formula is C21H43NO2. The summed E-state index contributed by atoms with van der Waals surface area (Å²) < 4.78 is 0. The second kappa shape index (κ2) is 14.9. The highest BCUT2D eigenvalue weighted by atomic mass is 16.3. The van der Waals surface area contributed by atoms with Crippen LogP contribution in [-0.2, 0) is 4.79 Å². The van der Waals surface area contributed by atoms with Crippen LogP contribution in [0.4, 0.5) is 0 Å². The standard InChI is InChI=1S/C21H43NO2/c1-4-6-7-8-9-10-11-12-13-14-15-16-17-18-20(23)19(5-2)21(3,22)24/h19,24H,4-18,22H2,1-3H3. The van der Waals surface area contributed by atoms with Crippen LogP contribution in [0.2, 0.25) is 0 Å². The van der Waals surface area contributed by atoms with Gasteiger partial charge in [0.2, 0.25) is 0 Å². The molecule has 0 aliphatic rings.